The molecule has 0 spiro atoms. The zero-order valence-corrected chi connectivity index (χ0v) is 12.4. The number of carboxylic acid groups (broad SMARTS) is 1. The van der Waals surface area contributed by atoms with Crippen LogP contribution in [0, 0.1) is 6.92 Å². The fourth-order valence-corrected chi connectivity index (χ4v) is 3.05. The highest BCUT2D eigenvalue weighted by Gasteiger charge is 2.24. The number of thiazole rings is 1. The van der Waals surface area contributed by atoms with E-state index in [1.54, 1.807) is 12.3 Å². The molecule has 3 N–H and O–H groups in total. The highest BCUT2D eigenvalue weighted by Crippen LogP contribution is 2.28. The topological polar surface area (TPSA) is 109 Å². The molecule has 1 amide bonds. The highest BCUT2D eigenvalue weighted by atomic mass is 32.1. The monoisotopic (exact) mass is 312 g/mol. The lowest BCUT2D eigenvalue weighted by Crippen LogP contribution is -2.28. The number of hydrogen-bond acceptors (Lipinski definition) is 7. The number of rotatable bonds is 4. The summed E-state index contributed by atoms with van der Waals surface area (Å²) in [7, 11) is 1.53. The summed E-state index contributed by atoms with van der Waals surface area (Å²) in [6.07, 6.45) is 0.0696. The molecule has 20 heavy (non-hydrogen) atoms. The minimum absolute atomic E-state index is 0.0589. The Bertz CT molecular complexity index is 664. The standard InChI is InChI=1S/C11H12N4O3S2/c1-5-8(10(17)18)9(20-14-5)15(2)7(16)3-6-4-19-11(12)13-6/h4H,3H2,1-2H3,(H2,12,13)(H,17,18). The van der Waals surface area contributed by atoms with Gasteiger partial charge in [0.2, 0.25) is 5.91 Å². The van der Waals surface area contributed by atoms with E-state index in [-0.39, 0.29) is 17.9 Å². The summed E-state index contributed by atoms with van der Waals surface area (Å²) in [5, 5.41) is 11.6. The van der Waals surface area contributed by atoms with Gasteiger partial charge < -0.3 is 15.7 Å². The van der Waals surface area contributed by atoms with Crippen LogP contribution in [0.2, 0.25) is 0 Å². The van der Waals surface area contributed by atoms with Crippen LogP contribution in [0.15, 0.2) is 5.38 Å². The molecule has 9 heteroatoms. The van der Waals surface area contributed by atoms with Gasteiger partial charge >= 0.3 is 5.97 Å². The molecule has 2 aromatic heterocycles. The van der Waals surface area contributed by atoms with Gasteiger partial charge in [-0.15, -0.1) is 11.3 Å². The normalized spacial score (nSPS) is 10.5. The molecule has 2 aromatic rings. The van der Waals surface area contributed by atoms with Crippen molar-refractivity contribution in [1.29, 1.82) is 0 Å². The van der Waals surface area contributed by atoms with Gasteiger partial charge in [0.25, 0.3) is 0 Å². The lowest BCUT2D eigenvalue weighted by Gasteiger charge is -2.15. The number of nitrogens with two attached hydrogens (primary N) is 1. The highest BCUT2D eigenvalue weighted by molar-refractivity contribution is 7.13. The number of nitrogen functional groups attached to an aromatic ring is 1. The van der Waals surface area contributed by atoms with Gasteiger partial charge in [0, 0.05) is 12.4 Å². The summed E-state index contributed by atoms with van der Waals surface area (Å²) in [5.41, 5.74) is 6.53. The number of aryl methyl sites for hydroxylation is 1. The first-order chi connectivity index (χ1) is 9.40. The third kappa shape index (κ3) is 2.78. The first kappa shape index (κ1) is 14.4. The second-order valence-electron chi connectivity index (χ2n) is 4.06. The molecule has 106 valence electrons. The molecule has 0 saturated heterocycles. The van der Waals surface area contributed by atoms with Crippen molar-refractivity contribution in [2.75, 3.05) is 17.7 Å². The molecule has 0 aliphatic heterocycles. The molecular weight excluding hydrogens is 300 g/mol. The number of aromatic nitrogens is 2. The number of anilines is 2. The van der Waals surface area contributed by atoms with Crippen molar-refractivity contribution in [1.82, 2.24) is 9.36 Å². The Labute approximate surface area is 122 Å². The van der Waals surface area contributed by atoms with Gasteiger partial charge in [-0.05, 0) is 18.5 Å². The van der Waals surface area contributed by atoms with Crippen LogP contribution in [0.1, 0.15) is 21.7 Å². The van der Waals surface area contributed by atoms with Gasteiger partial charge in [-0.3, -0.25) is 4.79 Å². The predicted molar refractivity (Wildman–Crippen MR) is 77.5 cm³/mol. The van der Waals surface area contributed by atoms with E-state index in [0.717, 1.165) is 11.5 Å². The molecule has 0 aliphatic carbocycles. The summed E-state index contributed by atoms with van der Waals surface area (Å²) in [6.45, 7) is 1.60. The maximum absolute atomic E-state index is 12.1. The predicted octanol–water partition coefficient (Wildman–Crippen LogP) is 1.39. The summed E-state index contributed by atoms with van der Waals surface area (Å²) >= 11 is 2.25. The van der Waals surface area contributed by atoms with E-state index in [1.165, 1.54) is 23.3 Å². The second-order valence-corrected chi connectivity index (χ2v) is 5.70. The minimum atomic E-state index is -1.09. The molecule has 0 atom stereocenters. The summed E-state index contributed by atoms with van der Waals surface area (Å²) < 4.78 is 3.99. The molecule has 0 aromatic carbocycles. The van der Waals surface area contributed by atoms with Gasteiger partial charge in [-0.25, -0.2) is 9.78 Å². The largest absolute Gasteiger partial charge is 0.478 e. The van der Waals surface area contributed by atoms with E-state index in [0.29, 0.717) is 21.5 Å². The molecule has 0 radical (unpaired) electrons. The molecular formula is C11H12N4O3S2. The Morgan fingerprint density at radius 3 is 2.75 bits per heavy atom. The maximum atomic E-state index is 12.1. The van der Waals surface area contributed by atoms with Gasteiger partial charge in [-0.2, -0.15) is 4.37 Å². The first-order valence-corrected chi connectivity index (χ1v) is 7.21. The minimum Gasteiger partial charge on any atom is -0.478 e. The number of likely N-dealkylation sites (N-methyl/N-ethyl adjacent to an activating group) is 1. The Morgan fingerprint density at radius 2 is 2.20 bits per heavy atom. The van der Waals surface area contributed by atoms with E-state index < -0.39 is 5.97 Å². The number of hydrogen-bond donors (Lipinski definition) is 2. The quantitative estimate of drug-likeness (QED) is 0.883. The Hall–Kier alpha value is -2.00. The lowest BCUT2D eigenvalue weighted by molar-refractivity contribution is -0.117. The van der Waals surface area contributed by atoms with Crippen LogP contribution < -0.4 is 10.6 Å². The van der Waals surface area contributed by atoms with E-state index in [4.69, 9.17) is 10.8 Å². The van der Waals surface area contributed by atoms with Gasteiger partial charge in [0.05, 0.1) is 17.8 Å². The average molecular weight is 312 g/mol. The van der Waals surface area contributed by atoms with Gasteiger partial charge in [0.15, 0.2) is 5.13 Å². The molecule has 2 rings (SSSR count). The average Bonchev–Trinajstić information content (AvgIpc) is 2.94. The Balaban J connectivity index is 2.21. The van der Waals surface area contributed by atoms with Crippen LogP contribution in [0.25, 0.3) is 0 Å². The molecule has 0 unspecified atom stereocenters. The number of aromatic carboxylic acids is 1. The van der Waals surface area contributed by atoms with E-state index in [1.807, 2.05) is 0 Å². The molecule has 0 fully saturated rings. The molecule has 2 heterocycles. The smallest absolute Gasteiger partial charge is 0.340 e. The van der Waals surface area contributed by atoms with E-state index in [9.17, 15) is 9.59 Å². The van der Waals surface area contributed by atoms with Crippen molar-refractivity contribution in [3.05, 3.63) is 22.3 Å². The van der Waals surface area contributed by atoms with Crippen LogP contribution >= 0.6 is 22.9 Å². The van der Waals surface area contributed by atoms with Crippen molar-refractivity contribution in [3.63, 3.8) is 0 Å². The molecule has 0 saturated carbocycles. The number of nitrogens with zero attached hydrogens (tertiary/aromatic N) is 3. The van der Waals surface area contributed by atoms with Crippen LogP contribution in [0.4, 0.5) is 10.1 Å². The van der Waals surface area contributed by atoms with E-state index >= 15 is 0 Å². The maximum Gasteiger partial charge on any atom is 0.340 e. The van der Waals surface area contributed by atoms with E-state index in [2.05, 4.69) is 9.36 Å². The molecule has 0 bridgehead atoms. The number of carboxylic acids is 1. The molecule has 0 aliphatic rings. The Morgan fingerprint density at radius 1 is 1.50 bits per heavy atom. The van der Waals surface area contributed by atoms with Crippen molar-refractivity contribution >= 4 is 44.9 Å². The van der Waals surface area contributed by atoms with Crippen LogP contribution in [0.3, 0.4) is 0 Å². The van der Waals surface area contributed by atoms with Crippen molar-refractivity contribution in [2.24, 2.45) is 0 Å². The summed E-state index contributed by atoms with van der Waals surface area (Å²) in [5.74, 6) is -1.36. The third-order valence-electron chi connectivity index (χ3n) is 2.64. The Kier molecular flexibility index (Phi) is 4.00. The zero-order chi connectivity index (χ0) is 14.9. The van der Waals surface area contributed by atoms with Gasteiger partial charge in [0.1, 0.15) is 10.6 Å². The van der Waals surface area contributed by atoms with Crippen molar-refractivity contribution in [2.45, 2.75) is 13.3 Å². The third-order valence-corrected chi connectivity index (χ3v) is 4.38. The van der Waals surface area contributed by atoms with Crippen LogP contribution in [0.5, 0.6) is 0 Å². The number of carbonyl (C=O) groups is 2. The van der Waals surface area contributed by atoms with Crippen molar-refractivity contribution < 1.29 is 14.7 Å². The summed E-state index contributed by atoms with van der Waals surface area (Å²) in [4.78, 5) is 28.6. The molecule has 7 nitrogen and oxygen atoms in total. The number of carbonyl (C=O) groups excluding carboxylic acids is 1. The fraction of sp³-hybridized carbons (Fsp3) is 0.273. The summed E-state index contributed by atoms with van der Waals surface area (Å²) in [6, 6.07) is 0. The number of amides is 1. The van der Waals surface area contributed by atoms with Crippen molar-refractivity contribution in [3.8, 4) is 0 Å². The SMILES string of the molecule is Cc1nsc(N(C)C(=O)Cc2csc(N)n2)c1C(=O)O. The zero-order valence-electron chi connectivity index (χ0n) is 10.8. The fourth-order valence-electron chi connectivity index (χ4n) is 1.62. The van der Waals surface area contributed by atoms with Gasteiger partial charge in [-0.1, -0.05) is 0 Å². The second kappa shape index (κ2) is 5.55. The first-order valence-electron chi connectivity index (χ1n) is 5.56. The van der Waals surface area contributed by atoms with Crippen LogP contribution in [-0.2, 0) is 11.2 Å². The lowest BCUT2D eigenvalue weighted by atomic mass is 10.2. The van der Waals surface area contributed by atoms with Crippen LogP contribution in [-0.4, -0.2) is 33.4 Å².